The highest BCUT2D eigenvalue weighted by Gasteiger charge is 2.16. The Labute approximate surface area is 161 Å². The third-order valence-corrected chi connectivity index (χ3v) is 5.00. The average Bonchev–Trinajstić information content (AvgIpc) is 2.71. The molecule has 0 unspecified atom stereocenters. The van der Waals surface area contributed by atoms with E-state index in [2.05, 4.69) is 36.5 Å². The second-order valence-electron chi connectivity index (χ2n) is 7.03. The second kappa shape index (κ2) is 9.45. The van der Waals surface area contributed by atoms with Gasteiger partial charge in [-0.2, -0.15) is 0 Å². The Morgan fingerprint density at radius 3 is 2.48 bits per heavy atom. The number of benzene rings is 2. The lowest BCUT2D eigenvalue weighted by Crippen LogP contribution is -2.38. The fourth-order valence-electron chi connectivity index (χ4n) is 3.35. The van der Waals surface area contributed by atoms with Gasteiger partial charge in [-0.25, -0.2) is 0 Å². The van der Waals surface area contributed by atoms with Crippen molar-refractivity contribution >= 4 is 5.91 Å². The molecule has 0 saturated carbocycles. The van der Waals surface area contributed by atoms with Crippen LogP contribution in [0.2, 0.25) is 0 Å². The zero-order valence-corrected chi connectivity index (χ0v) is 16.3. The van der Waals surface area contributed by atoms with Crippen LogP contribution in [-0.2, 0) is 24.1 Å². The van der Waals surface area contributed by atoms with E-state index in [1.54, 1.807) is 6.92 Å². The number of carbonyl (C=O) groups is 1. The first kappa shape index (κ1) is 19.3. The van der Waals surface area contributed by atoms with Gasteiger partial charge in [0.05, 0.1) is 6.54 Å². The molecule has 0 heterocycles. The number of nitrogens with one attached hydrogen (secondary N) is 1. The highest BCUT2D eigenvalue weighted by atomic mass is 16.5. The fraction of sp³-hybridized carbons (Fsp3) is 0.435. The minimum absolute atomic E-state index is 0.127. The summed E-state index contributed by atoms with van der Waals surface area (Å²) in [6.07, 6.45) is 5.22. The summed E-state index contributed by atoms with van der Waals surface area (Å²) < 4.78 is 11.5. The highest BCUT2D eigenvalue weighted by Crippen LogP contribution is 2.25. The van der Waals surface area contributed by atoms with Crippen molar-refractivity contribution < 1.29 is 14.3 Å². The Kier molecular flexibility index (Phi) is 6.74. The Bertz CT molecular complexity index is 755. The van der Waals surface area contributed by atoms with Gasteiger partial charge in [-0.3, -0.25) is 4.79 Å². The van der Waals surface area contributed by atoms with Crippen LogP contribution in [0.3, 0.4) is 0 Å². The van der Waals surface area contributed by atoms with Crippen molar-refractivity contribution in [2.24, 2.45) is 0 Å². The third-order valence-electron chi connectivity index (χ3n) is 5.00. The minimum Gasteiger partial charge on any atom is -0.492 e. The van der Waals surface area contributed by atoms with Crippen LogP contribution < -0.4 is 14.8 Å². The summed E-state index contributed by atoms with van der Waals surface area (Å²) in [5, 5.41) is 2.87. The third kappa shape index (κ3) is 5.49. The van der Waals surface area contributed by atoms with Crippen molar-refractivity contribution in [1.29, 1.82) is 0 Å². The van der Waals surface area contributed by atoms with Crippen molar-refractivity contribution in [1.82, 2.24) is 5.32 Å². The molecule has 3 rings (SSSR count). The van der Waals surface area contributed by atoms with Crippen molar-refractivity contribution in [3.05, 3.63) is 59.2 Å². The number of rotatable bonds is 8. The molecule has 1 aliphatic rings. The first-order valence-corrected chi connectivity index (χ1v) is 9.93. The Morgan fingerprint density at radius 2 is 1.74 bits per heavy atom. The standard InChI is InChI=1S/C23H29NO3/c1-3-18-8-11-21(12-9-18)26-15-14-24-23(25)17(2)27-22-13-10-19-6-4-5-7-20(19)16-22/h8-13,16-17H,3-7,14-15H2,1-2H3,(H,24,25)/t17-/m0/s1. The molecule has 144 valence electrons. The van der Waals surface area contributed by atoms with Gasteiger partial charge in [0.1, 0.15) is 18.1 Å². The number of amides is 1. The van der Waals surface area contributed by atoms with Crippen LogP contribution in [0.5, 0.6) is 11.5 Å². The van der Waals surface area contributed by atoms with Crippen molar-refractivity contribution in [2.75, 3.05) is 13.2 Å². The molecule has 0 spiro atoms. The zero-order valence-electron chi connectivity index (χ0n) is 16.3. The summed E-state index contributed by atoms with van der Waals surface area (Å²) in [5.74, 6) is 1.46. The van der Waals surface area contributed by atoms with Gasteiger partial charge in [0.15, 0.2) is 6.10 Å². The molecule has 1 amide bonds. The predicted octanol–water partition coefficient (Wildman–Crippen LogP) is 4.09. The first-order valence-electron chi connectivity index (χ1n) is 9.93. The molecular formula is C23H29NO3. The summed E-state index contributed by atoms with van der Waals surface area (Å²) in [5.41, 5.74) is 4.05. The Balaban J connectivity index is 1.41. The molecule has 2 aromatic carbocycles. The van der Waals surface area contributed by atoms with Crippen LogP contribution in [0.15, 0.2) is 42.5 Å². The van der Waals surface area contributed by atoms with Crippen LogP contribution in [-0.4, -0.2) is 25.2 Å². The molecule has 0 bridgehead atoms. The van der Waals surface area contributed by atoms with E-state index in [-0.39, 0.29) is 5.91 Å². The van der Waals surface area contributed by atoms with Gasteiger partial charge >= 0.3 is 0 Å². The van der Waals surface area contributed by atoms with Gasteiger partial charge in [0.25, 0.3) is 5.91 Å². The van der Waals surface area contributed by atoms with E-state index >= 15 is 0 Å². The van der Waals surface area contributed by atoms with Gasteiger partial charge in [-0.05, 0) is 80.0 Å². The summed E-state index contributed by atoms with van der Waals surface area (Å²) in [7, 11) is 0. The lowest BCUT2D eigenvalue weighted by Gasteiger charge is -2.19. The second-order valence-corrected chi connectivity index (χ2v) is 7.03. The molecule has 0 fully saturated rings. The van der Waals surface area contributed by atoms with Gasteiger partial charge in [-0.1, -0.05) is 25.1 Å². The smallest absolute Gasteiger partial charge is 0.260 e. The molecule has 1 N–H and O–H groups in total. The SMILES string of the molecule is CCc1ccc(OCCNC(=O)[C@H](C)Oc2ccc3c(c2)CCCC3)cc1. The van der Waals surface area contributed by atoms with E-state index in [0.717, 1.165) is 30.8 Å². The zero-order chi connectivity index (χ0) is 19.1. The van der Waals surface area contributed by atoms with Gasteiger partial charge < -0.3 is 14.8 Å². The topological polar surface area (TPSA) is 47.6 Å². The highest BCUT2D eigenvalue weighted by molar-refractivity contribution is 5.80. The first-order chi connectivity index (χ1) is 13.2. The van der Waals surface area contributed by atoms with Crippen LogP contribution in [0.1, 0.15) is 43.4 Å². The summed E-state index contributed by atoms with van der Waals surface area (Å²) in [4.78, 5) is 12.2. The monoisotopic (exact) mass is 367 g/mol. The molecule has 0 aliphatic heterocycles. The van der Waals surface area contributed by atoms with E-state index in [0.29, 0.717) is 13.2 Å². The van der Waals surface area contributed by atoms with Crippen LogP contribution in [0.25, 0.3) is 0 Å². The molecule has 1 aliphatic carbocycles. The fourth-order valence-corrected chi connectivity index (χ4v) is 3.35. The molecule has 1 atom stereocenters. The normalized spacial score (nSPS) is 14.1. The molecule has 4 nitrogen and oxygen atoms in total. The van der Waals surface area contributed by atoms with E-state index < -0.39 is 6.10 Å². The maximum atomic E-state index is 12.2. The minimum atomic E-state index is -0.532. The number of hydrogen-bond donors (Lipinski definition) is 1. The maximum Gasteiger partial charge on any atom is 0.260 e. The van der Waals surface area contributed by atoms with Crippen LogP contribution >= 0.6 is 0 Å². The van der Waals surface area contributed by atoms with Gasteiger partial charge in [0, 0.05) is 0 Å². The van der Waals surface area contributed by atoms with E-state index in [1.807, 2.05) is 18.2 Å². The number of fused-ring (bicyclic) bond motifs is 1. The van der Waals surface area contributed by atoms with Crippen LogP contribution in [0.4, 0.5) is 0 Å². The molecular weight excluding hydrogens is 338 g/mol. The van der Waals surface area contributed by atoms with Crippen molar-refractivity contribution in [3.8, 4) is 11.5 Å². The Morgan fingerprint density at radius 1 is 1.04 bits per heavy atom. The van der Waals surface area contributed by atoms with E-state index in [1.165, 1.54) is 29.5 Å². The molecule has 2 aromatic rings. The quantitative estimate of drug-likeness (QED) is 0.715. The lowest BCUT2D eigenvalue weighted by molar-refractivity contribution is -0.127. The predicted molar refractivity (Wildman–Crippen MR) is 107 cm³/mol. The molecule has 0 saturated heterocycles. The summed E-state index contributed by atoms with van der Waals surface area (Å²) in [6.45, 7) is 4.78. The molecule has 4 heteroatoms. The largest absolute Gasteiger partial charge is 0.492 e. The Hall–Kier alpha value is -2.49. The average molecular weight is 367 g/mol. The van der Waals surface area contributed by atoms with E-state index in [9.17, 15) is 4.79 Å². The molecule has 27 heavy (non-hydrogen) atoms. The number of aryl methyl sites for hydroxylation is 3. The summed E-state index contributed by atoms with van der Waals surface area (Å²) >= 11 is 0. The summed E-state index contributed by atoms with van der Waals surface area (Å²) in [6, 6.07) is 14.2. The van der Waals surface area contributed by atoms with Gasteiger partial charge in [-0.15, -0.1) is 0 Å². The number of ether oxygens (including phenoxy) is 2. The van der Waals surface area contributed by atoms with Gasteiger partial charge in [0.2, 0.25) is 0 Å². The van der Waals surface area contributed by atoms with Crippen molar-refractivity contribution in [2.45, 2.75) is 52.1 Å². The number of hydrogen-bond acceptors (Lipinski definition) is 3. The van der Waals surface area contributed by atoms with Crippen LogP contribution in [0, 0.1) is 0 Å². The van der Waals surface area contributed by atoms with Crippen molar-refractivity contribution in [3.63, 3.8) is 0 Å². The lowest BCUT2D eigenvalue weighted by atomic mass is 9.92. The molecule has 0 aromatic heterocycles. The number of carbonyl (C=O) groups excluding carboxylic acids is 1. The maximum absolute atomic E-state index is 12.2. The van der Waals surface area contributed by atoms with E-state index in [4.69, 9.17) is 9.47 Å². The molecule has 0 radical (unpaired) electrons.